The third-order valence-electron chi connectivity index (χ3n) is 4.72. The van der Waals surface area contributed by atoms with Crippen molar-refractivity contribution in [3.63, 3.8) is 0 Å². The van der Waals surface area contributed by atoms with Gasteiger partial charge in [-0.05, 0) is 61.4 Å². The topological polar surface area (TPSA) is 94.6 Å². The number of hydrogen-bond donors (Lipinski definition) is 1. The average molecular weight is 426 g/mol. The fourth-order valence-corrected chi connectivity index (χ4v) is 4.04. The first-order valence-corrected chi connectivity index (χ1v) is 10.6. The number of rotatable bonds is 6. The van der Waals surface area contributed by atoms with Crippen molar-refractivity contribution in [1.82, 2.24) is 4.98 Å². The first kappa shape index (κ1) is 21.3. The molecule has 0 radical (unpaired) electrons. The van der Waals surface area contributed by atoms with Crippen LogP contribution in [-0.2, 0) is 9.84 Å². The summed E-state index contributed by atoms with van der Waals surface area (Å²) in [4.78, 5) is 16.8. The Morgan fingerprint density at radius 1 is 0.933 bits per heavy atom. The van der Waals surface area contributed by atoms with Crippen LogP contribution in [0.1, 0.15) is 21.5 Å². The lowest BCUT2D eigenvalue weighted by atomic mass is 10.1. The molecule has 3 rings (SSSR count). The molecule has 0 atom stereocenters. The standard InChI is InChI=1S/C22H22N2O5S/c1-14-5-8-18(11-15(14)2)30(26,27)21-10-6-16(13-23-21)22(25)24-19-12-17(28-3)7-9-20(19)29-4/h5-13H,1-4H3,(H,24,25). The number of amides is 1. The Hall–Kier alpha value is -3.39. The summed E-state index contributed by atoms with van der Waals surface area (Å²) in [5.74, 6) is 0.564. The molecule has 0 aliphatic carbocycles. The van der Waals surface area contributed by atoms with Crippen LogP contribution < -0.4 is 14.8 Å². The highest BCUT2D eigenvalue weighted by molar-refractivity contribution is 7.91. The van der Waals surface area contributed by atoms with Crippen molar-refractivity contribution in [1.29, 1.82) is 0 Å². The van der Waals surface area contributed by atoms with E-state index in [1.54, 1.807) is 36.4 Å². The van der Waals surface area contributed by atoms with E-state index in [9.17, 15) is 13.2 Å². The molecule has 0 aliphatic heterocycles. The second kappa shape index (κ2) is 8.54. The lowest BCUT2D eigenvalue weighted by Crippen LogP contribution is -2.14. The Morgan fingerprint density at radius 2 is 1.70 bits per heavy atom. The first-order valence-electron chi connectivity index (χ1n) is 9.08. The summed E-state index contributed by atoms with van der Waals surface area (Å²) in [5.41, 5.74) is 2.51. The minimum absolute atomic E-state index is 0.124. The van der Waals surface area contributed by atoms with E-state index in [0.29, 0.717) is 17.2 Å². The monoisotopic (exact) mass is 426 g/mol. The molecule has 1 aromatic heterocycles. The molecule has 156 valence electrons. The predicted octanol–water partition coefficient (Wildman–Crippen LogP) is 3.80. The van der Waals surface area contributed by atoms with Crippen molar-refractivity contribution in [2.75, 3.05) is 19.5 Å². The van der Waals surface area contributed by atoms with Gasteiger partial charge in [-0.15, -0.1) is 0 Å². The van der Waals surface area contributed by atoms with Crippen LogP contribution in [0.2, 0.25) is 0 Å². The Bertz CT molecular complexity index is 1190. The number of pyridine rings is 1. The molecule has 8 heteroatoms. The molecule has 3 aromatic rings. The van der Waals surface area contributed by atoms with E-state index in [-0.39, 0.29) is 15.5 Å². The molecule has 0 saturated carbocycles. The molecule has 1 heterocycles. The molecule has 0 bridgehead atoms. The van der Waals surface area contributed by atoms with E-state index < -0.39 is 15.7 Å². The van der Waals surface area contributed by atoms with Gasteiger partial charge in [-0.25, -0.2) is 13.4 Å². The van der Waals surface area contributed by atoms with Gasteiger partial charge in [0.1, 0.15) is 11.5 Å². The highest BCUT2D eigenvalue weighted by atomic mass is 32.2. The van der Waals surface area contributed by atoms with Gasteiger partial charge in [-0.1, -0.05) is 6.07 Å². The van der Waals surface area contributed by atoms with E-state index in [2.05, 4.69) is 10.3 Å². The van der Waals surface area contributed by atoms with Gasteiger partial charge >= 0.3 is 0 Å². The van der Waals surface area contributed by atoms with Gasteiger partial charge in [0.2, 0.25) is 9.84 Å². The van der Waals surface area contributed by atoms with Gasteiger partial charge in [0, 0.05) is 12.3 Å². The number of nitrogens with zero attached hydrogens (tertiary/aromatic N) is 1. The van der Waals surface area contributed by atoms with Crippen LogP contribution in [0.15, 0.2) is 64.6 Å². The van der Waals surface area contributed by atoms with Gasteiger partial charge in [-0.3, -0.25) is 4.79 Å². The predicted molar refractivity (Wildman–Crippen MR) is 113 cm³/mol. The fourth-order valence-electron chi connectivity index (χ4n) is 2.78. The van der Waals surface area contributed by atoms with Crippen molar-refractivity contribution in [2.45, 2.75) is 23.8 Å². The fraction of sp³-hybridized carbons (Fsp3) is 0.182. The van der Waals surface area contributed by atoms with E-state index in [1.165, 1.54) is 32.5 Å². The maximum absolute atomic E-state index is 12.8. The lowest BCUT2D eigenvalue weighted by Gasteiger charge is -2.12. The SMILES string of the molecule is COc1ccc(OC)c(NC(=O)c2ccc(S(=O)(=O)c3ccc(C)c(C)c3)nc2)c1. The van der Waals surface area contributed by atoms with Crippen LogP contribution in [0.4, 0.5) is 5.69 Å². The molecule has 1 N–H and O–H groups in total. The Morgan fingerprint density at radius 3 is 2.30 bits per heavy atom. The molecule has 30 heavy (non-hydrogen) atoms. The van der Waals surface area contributed by atoms with Crippen LogP contribution in [0.3, 0.4) is 0 Å². The van der Waals surface area contributed by atoms with Crippen LogP contribution in [0, 0.1) is 13.8 Å². The summed E-state index contributed by atoms with van der Waals surface area (Å²) in [6.45, 7) is 3.76. The molecule has 1 amide bonds. The summed E-state index contributed by atoms with van der Waals surface area (Å²) in [5, 5.41) is 2.60. The van der Waals surface area contributed by atoms with Crippen LogP contribution in [-0.4, -0.2) is 33.5 Å². The zero-order chi connectivity index (χ0) is 21.9. The van der Waals surface area contributed by atoms with Crippen LogP contribution in [0.25, 0.3) is 0 Å². The Balaban J connectivity index is 1.85. The summed E-state index contributed by atoms with van der Waals surface area (Å²) < 4.78 is 36.1. The highest BCUT2D eigenvalue weighted by Gasteiger charge is 2.20. The molecule has 0 saturated heterocycles. The van der Waals surface area contributed by atoms with Gasteiger partial charge in [0.15, 0.2) is 5.03 Å². The molecular formula is C22H22N2O5S. The highest BCUT2D eigenvalue weighted by Crippen LogP contribution is 2.29. The number of carbonyl (C=O) groups is 1. The van der Waals surface area contributed by atoms with Crippen molar-refractivity contribution < 1.29 is 22.7 Å². The van der Waals surface area contributed by atoms with Crippen molar-refractivity contribution in [3.8, 4) is 11.5 Å². The molecule has 0 spiro atoms. The zero-order valence-corrected chi connectivity index (χ0v) is 17.9. The largest absolute Gasteiger partial charge is 0.497 e. The van der Waals surface area contributed by atoms with Crippen molar-refractivity contribution in [3.05, 3.63) is 71.4 Å². The maximum atomic E-state index is 12.8. The lowest BCUT2D eigenvalue weighted by molar-refractivity contribution is 0.102. The maximum Gasteiger partial charge on any atom is 0.257 e. The van der Waals surface area contributed by atoms with E-state index in [0.717, 1.165) is 11.1 Å². The quantitative estimate of drug-likeness (QED) is 0.644. The smallest absolute Gasteiger partial charge is 0.257 e. The Labute approximate surface area is 175 Å². The minimum Gasteiger partial charge on any atom is -0.497 e. The number of anilines is 1. The minimum atomic E-state index is -3.78. The molecule has 0 fully saturated rings. The second-order valence-electron chi connectivity index (χ2n) is 6.65. The summed E-state index contributed by atoms with van der Waals surface area (Å²) in [6.07, 6.45) is 1.23. The molecule has 0 unspecified atom stereocenters. The number of methoxy groups -OCH3 is 2. The number of aromatic nitrogens is 1. The van der Waals surface area contributed by atoms with Crippen molar-refractivity contribution >= 4 is 21.4 Å². The number of benzene rings is 2. The number of sulfone groups is 1. The molecule has 7 nitrogen and oxygen atoms in total. The zero-order valence-electron chi connectivity index (χ0n) is 17.1. The van der Waals surface area contributed by atoms with Crippen LogP contribution >= 0.6 is 0 Å². The van der Waals surface area contributed by atoms with E-state index in [1.807, 2.05) is 13.8 Å². The molecule has 0 aliphatic rings. The third-order valence-corrected chi connectivity index (χ3v) is 6.38. The van der Waals surface area contributed by atoms with Gasteiger partial charge in [0.25, 0.3) is 5.91 Å². The van der Waals surface area contributed by atoms with E-state index in [4.69, 9.17) is 9.47 Å². The Kier molecular flexibility index (Phi) is 6.07. The average Bonchev–Trinajstić information content (AvgIpc) is 2.75. The third kappa shape index (κ3) is 4.28. The normalized spacial score (nSPS) is 11.1. The van der Waals surface area contributed by atoms with Gasteiger partial charge < -0.3 is 14.8 Å². The number of ether oxygens (including phenoxy) is 2. The summed E-state index contributed by atoms with van der Waals surface area (Å²) in [6, 6.07) is 12.7. The van der Waals surface area contributed by atoms with Crippen LogP contribution in [0.5, 0.6) is 11.5 Å². The number of carbonyl (C=O) groups excluding carboxylic acids is 1. The number of nitrogens with one attached hydrogen (secondary N) is 1. The van der Waals surface area contributed by atoms with Gasteiger partial charge in [-0.2, -0.15) is 0 Å². The summed E-state index contributed by atoms with van der Waals surface area (Å²) >= 11 is 0. The first-order chi connectivity index (χ1) is 14.3. The summed E-state index contributed by atoms with van der Waals surface area (Å²) in [7, 11) is -0.767. The second-order valence-corrected chi connectivity index (χ2v) is 8.55. The van der Waals surface area contributed by atoms with Gasteiger partial charge in [0.05, 0.1) is 30.4 Å². The van der Waals surface area contributed by atoms with Crippen molar-refractivity contribution in [2.24, 2.45) is 0 Å². The number of hydrogen-bond acceptors (Lipinski definition) is 6. The molecular weight excluding hydrogens is 404 g/mol. The van der Waals surface area contributed by atoms with E-state index >= 15 is 0 Å². The molecule has 2 aromatic carbocycles. The number of aryl methyl sites for hydroxylation is 2.